The van der Waals surface area contributed by atoms with E-state index in [2.05, 4.69) is 5.32 Å². The Morgan fingerprint density at radius 1 is 0.933 bits per heavy atom. The number of hydrogen-bond donors (Lipinski definition) is 1. The van der Waals surface area contributed by atoms with E-state index in [1.54, 1.807) is 30.3 Å². The molecule has 3 rings (SSSR count). The van der Waals surface area contributed by atoms with Gasteiger partial charge in [0, 0.05) is 5.69 Å². The van der Waals surface area contributed by atoms with Gasteiger partial charge < -0.3 is 5.32 Å². The summed E-state index contributed by atoms with van der Waals surface area (Å²) >= 11 is 0. The van der Waals surface area contributed by atoms with Crippen LogP contribution in [0.25, 0.3) is 0 Å². The van der Waals surface area contributed by atoms with Crippen LogP contribution in [0, 0.1) is 26.6 Å². The minimum Gasteiger partial charge on any atom is -0.324 e. The zero-order valence-corrected chi connectivity index (χ0v) is 17.8. The minimum absolute atomic E-state index is 0.0935. The van der Waals surface area contributed by atoms with E-state index in [9.17, 15) is 17.6 Å². The van der Waals surface area contributed by atoms with Gasteiger partial charge in [-0.1, -0.05) is 29.8 Å². The minimum atomic E-state index is -4.08. The Balaban J connectivity index is 1.95. The van der Waals surface area contributed by atoms with Crippen molar-refractivity contribution in [3.05, 3.63) is 89.2 Å². The predicted octanol–water partition coefficient (Wildman–Crippen LogP) is 4.58. The quantitative estimate of drug-likeness (QED) is 0.627. The molecule has 30 heavy (non-hydrogen) atoms. The van der Waals surface area contributed by atoms with Crippen molar-refractivity contribution in [3.8, 4) is 0 Å². The summed E-state index contributed by atoms with van der Waals surface area (Å²) in [6.07, 6.45) is 0. The molecule has 0 fully saturated rings. The fourth-order valence-corrected chi connectivity index (χ4v) is 4.39. The molecule has 0 aromatic heterocycles. The summed E-state index contributed by atoms with van der Waals surface area (Å²) < 4.78 is 40.8. The van der Waals surface area contributed by atoms with Crippen LogP contribution in [-0.4, -0.2) is 20.9 Å². The molecular formula is C23H23FN2O3S. The molecule has 156 valence electrons. The highest BCUT2D eigenvalue weighted by Crippen LogP contribution is 2.25. The lowest BCUT2D eigenvalue weighted by atomic mass is 10.1. The Bertz CT molecular complexity index is 1160. The van der Waals surface area contributed by atoms with Crippen LogP contribution in [0.3, 0.4) is 0 Å². The van der Waals surface area contributed by atoms with Crippen molar-refractivity contribution >= 4 is 27.3 Å². The van der Waals surface area contributed by atoms with E-state index < -0.39 is 28.3 Å². The Morgan fingerprint density at radius 2 is 1.57 bits per heavy atom. The van der Waals surface area contributed by atoms with Crippen LogP contribution >= 0.6 is 0 Å². The zero-order valence-electron chi connectivity index (χ0n) is 17.0. The summed E-state index contributed by atoms with van der Waals surface area (Å²) in [6, 6.07) is 16.9. The van der Waals surface area contributed by atoms with Gasteiger partial charge in [-0.25, -0.2) is 12.8 Å². The lowest BCUT2D eigenvalue weighted by molar-refractivity contribution is -0.114. The van der Waals surface area contributed by atoms with Gasteiger partial charge in [0.1, 0.15) is 12.4 Å². The average Bonchev–Trinajstić information content (AvgIpc) is 2.71. The normalized spacial score (nSPS) is 11.2. The van der Waals surface area contributed by atoms with Crippen molar-refractivity contribution in [2.45, 2.75) is 25.7 Å². The molecule has 0 unspecified atom stereocenters. The third-order valence-corrected chi connectivity index (χ3v) is 6.68. The van der Waals surface area contributed by atoms with Gasteiger partial charge in [-0.3, -0.25) is 9.10 Å². The second-order valence-corrected chi connectivity index (χ2v) is 8.96. The number of rotatable bonds is 6. The first-order valence-electron chi connectivity index (χ1n) is 9.39. The van der Waals surface area contributed by atoms with Crippen LogP contribution < -0.4 is 9.62 Å². The van der Waals surface area contributed by atoms with Gasteiger partial charge in [0.15, 0.2) is 0 Å². The van der Waals surface area contributed by atoms with Crippen LogP contribution in [0.2, 0.25) is 0 Å². The van der Waals surface area contributed by atoms with Crippen molar-refractivity contribution in [1.82, 2.24) is 0 Å². The second-order valence-electron chi connectivity index (χ2n) is 7.10. The molecular weight excluding hydrogens is 403 g/mol. The highest BCUT2D eigenvalue weighted by molar-refractivity contribution is 7.92. The van der Waals surface area contributed by atoms with Gasteiger partial charge >= 0.3 is 0 Å². The van der Waals surface area contributed by atoms with Crippen LogP contribution in [0.1, 0.15) is 16.7 Å². The van der Waals surface area contributed by atoms with Crippen LogP contribution in [0.4, 0.5) is 15.8 Å². The number of hydrogen-bond acceptors (Lipinski definition) is 3. The van der Waals surface area contributed by atoms with E-state index in [1.807, 2.05) is 32.9 Å². The average molecular weight is 427 g/mol. The monoisotopic (exact) mass is 426 g/mol. The highest BCUT2D eigenvalue weighted by Gasteiger charge is 2.27. The Hall–Kier alpha value is -3.19. The maximum absolute atomic E-state index is 13.3. The number of sulfonamides is 1. The van der Waals surface area contributed by atoms with Crippen molar-refractivity contribution in [3.63, 3.8) is 0 Å². The fourth-order valence-electron chi connectivity index (χ4n) is 2.97. The molecule has 0 radical (unpaired) electrons. The molecule has 0 aliphatic rings. The summed E-state index contributed by atoms with van der Waals surface area (Å²) in [5.41, 5.74) is 3.86. The van der Waals surface area contributed by atoms with E-state index >= 15 is 0 Å². The molecule has 0 atom stereocenters. The summed E-state index contributed by atoms with van der Waals surface area (Å²) in [5, 5.41) is 2.79. The molecule has 0 aliphatic carbocycles. The van der Waals surface area contributed by atoms with Crippen LogP contribution in [0.15, 0.2) is 71.6 Å². The first-order chi connectivity index (χ1) is 14.2. The first-order valence-corrected chi connectivity index (χ1v) is 10.8. The van der Waals surface area contributed by atoms with Crippen LogP contribution in [0.5, 0.6) is 0 Å². The number of carbonyl (C=O) groups is 1. The molecule has 7 heteroatoms. The molecule has 0 spiro atoms. The van der Waals surface area contributed by atoms with Crippen molar-refractivity contribution in [2.75, 3.05) is 16.2 Å². The van der Waals surface area contributed by atoms with Crippen LogP contribution in [-0.2, 0) is 14.8 Å². The summed E-state index contributed by atoms with van der Waals surface area (Å²) in [4.78, 5) is 12.7. The zero-order chi connectivity index (χ0) is 21.9. The third-order valence-electron chi connectivity index (χ3n) is 4.89. The van der Waals surface area contributed by atoms with Gasteiger partial charge in [0.2, 0.25) is 5.91 Å². The number of nitrogens with zero attached hydrogens (tertiary/aromatic N) is 1. The maximum atomic E-state index is 13.3. The molecule has 3 aromatic carbocycles. The van der Waals surface area contributed by atoms with Crippen molar-refractivity contribution in [1.29, 1.82) is 0 Å². The second kappa shape index (κ2) is 8.67. The number of benzene rings is 3. The largest absolute Gasteiger partial charge is 0.324 e. The van der Waals surface area contributed by atoms with E-state index in [0.29, 0.717) is 11.4 Å². The number of amides is 1. The number of halogens is 1. The molecule has 0 aliphatic heterocycles. The number of nitrogens with one attached hydrogen (secondary N) is 1. The third kappa shape index (κ3) is 4.68. The molecule has 0 heterocycles. The Kier molecular flexibility index (Phi) is 6.22. The first kappa shape index (κ1) is 21.5. The predicted molar refractivity (Wildman–Crippen MR) is 117 cm³/mol. The van der Waals surface area contributed by atoms with Gasteiger partial charge in [-0.15, -0.1) is 0 Å². The van der Waals surface area contributed by atoms with E-state index in [-0.39, 0.29) is 4.90 Å². The number of carbonyl (C=O) groups excluding carboxylic acids is 1. The molecule has 1 amide bonds. The fraction of sp³-hybridized carbons (Fsp3) is 0.174. The van der Waals surface area contributed by atoms with E-state index in [4.69, 9.17) is 0 Å². The summed E-state index contributed by atoms with van der Waals surface area (Å²) in [6.45, 7) is 5.28. The van der Waals surface area contributed by atoms with E-state index in [1.165, 1.54) is 12.1 Å². The molecule has 0 saturated heterocycles. The SMILES string of the molecule is Cc1ccc(N(CC(=O)Nc2cccc(C)c2C)S(=O)(=O)c2ccc(F)cc2)cc1. The van der Waals surface area contributed by atoms with Crippen molar-refractivity contribution < 1.29 is 17.6 Å². The molecule has 0 saturated carbocycles. The van der Waals surface area contributed by atoms with Gasteiger partial charge in [0.05, 0.1) is 10.6 Å². The lowest BCUT2D eigenvalue weighted by Crippen LogP contribution is -2.38. The smallest absolute Gasteiger partial charge is 0.264 e. The van der Waals surface area contributed by atoms with Gasteiger partial charge in [-0.05, 0) is 74.4 Å². The standard InChI is InChI=1S/C23H23FN2O3S/c1-16-7-11-20(12-8-16)26(30(28,29)21-13-9-19(24)10-14-21)15-23(27)25-22-6-4-5-17(2)18(22)3/h4-14H,15H2,1-3H3,(H,25,27). The number of aryl methyl sites for hydroxylation is 2. The lowest BCUT2D eigenvalue weighted by Gasteiger charge is -2.24. The maximum Gasteiger partial charge on any atom is 0.264 e. The Morgan fingerprint density at radius 3 is 2.20 bits per heavy atom. The molecule has 0 bridgehead atoms. The summed E-state index contributed by atoms with van der Waals surface area (Å²) in [5.74, 6) is -1.02. The number of anilines is 2. The molecule has 5 nitrogen and oxygen atoms in total. The Labute approximate surface area is 176 Å². The van der Waals surface area contributed by atoms with Gasteiger partial charge in [0.25, 0.3) is 10.0 Å². The molecule has 1 N–H and O–H groups in total. The van der Waals surface area contributed by atoms with E-state index in [0.717, 1.165) is 33.1 Å². The molecule has 3 aromatic rings. The van der Waals surface area contributed by atoms with Crippen molar-refractivity contribution in [2.24, 2.45) is 0 Å². The summed E-state index contributed by atoms with van der Waals surface area (Å²) in [7, 11) is -4.08. The topological polar surface area (TPSA) is 66.5 Å². The van der Waals surface area contributed by atoms with Gasteiger partial charge in [-0.2, -0.15) is 0 Å². The highest BCUT2D eigenvalue weighted by atomic mass is 32.2.